The molecule has 9 heteroatoms. The molecule has 1 unspecified atom stereocenters. The van der Waals surface area contributed by atoms with Crippen molar-refractivity contribution in [1.29, 1.82) is 0 Å². The lowest BCUT2D eigenvalue weighted by Gasteiger charge is -2.34. The quantitative estimate of drug-likeness (QED) is 0.834. The van der Waals surface area contributed by atoms with E-state index >= 15 is 0 Å². The number of ether oxygens (including phenoxy) is 1. The molecule has 0 aromatic heterocycles. The first kappa shape index (κ1) is 17.5. The number of halogens is 3. The van der Waals surface area contributed by atoms with E-state index in [9.17, 15) is 22.8 Å². The fraction of sp³-hybridized carbons (Fsp3) is 0.500. The van der Waals surface area contributed by atoms with E-state index in [1.807, 2.05) is 0 Å². The highest BCUT2D eigenvalue weighted by atomic mass is 19.4. The SMILES string of the molecule is O=C(CN1CCNC(=O)C1c1ccc(OC(F)(F)F)cc1)NC1CC1. The first-order valence-electron chi connectivity index (χ1n) is 7.99. The molecule has 1 saturated carbocycles. The molecule has 1 heterocycles. The number of amides is 2. The minimum atomic E-state index is -4.77. The lowest BCUT2D eigenvalue weighted by molar-refractivity contribution is -0.274. The van der Waals surface area contributed by atoms with Gasteiger partial charge in [0, 0.05) is 19.1 Å². The van der Waals surface area contributed by atoms with Crippen molar-refractivity contribution in [2.45, 2.75) is 31.3 Å². The molecule has 0 bridgehead atoms. The number of piperazine rings is 1. The topological polar surface area (TPSA) is 70.7 Å². The molecule has 3 rings (SSSR count). The van der Waals surface area contributed by atoms with Crippen molar-refractivity contribution in [2.75, 3.05) is 19.6 Å². The normalized spacial score (nSPS) is 21.6. The van der Waals surface area contributed by atoms with Crippen LogP contribution < -0.4 is 15.4 Å². The van der Waals surface area contributed by atoms with Gasteiger partial charge in [0.05, 0.1) is 6.54 Å². The molecule has 1 aromatic carbocycles. The van der Waals surface area contributed by atoms with Gasteiger partial charge in [0.25, 0.3) is 0 Å². The van der Waals surface area contributed by atoms with Crippen molar-refractivity contribution in [3.8, 4) is 5.75 Å². The van der Waals surface area contributed by atoms with Gasteiger partial charge in [-0.15, -0.1) is 13.2 Å². The van der Waals surface area contributed by atoms with Crippen LogP contribution in [0.4, 0.5) is 13.2 Å². The van der Waals surface area contributed by atoms with Crippen LogP contribution >= 0.6 is 0 Å². The van der Waals surface area contributed by atoms with Gasteiger partial charge in [-0.2, -0.15) is 0 Å². The number of carbonyl (C=O) groups excluding carboxylic acids is 2. The number of rotatable bonds is 5. The van der Waals surface area contributed by atoms with Crippen LogP contribution in [0, 0.1) is 0 Å². The Morgan fingerprint density at radius 3 is 2.56 bits per heavy atom. The summed E-state index contributed by atoms with van der Waals surface area (Å²) in [5, 5.41) is 5.58. The lowest BCUT2D eigenvalue weighted by Crippen LogP contribution is -2.52. The fourth-order valence-electron chi connectivity index (χ4n) is 2.78. The molecule has 0 radical (unpaired) electrons. The molecule has 25 heavy (non-hydrogen) atoms. The molecule has 1 saturated heterocycles. The van der Waals surface area contributed by atoms with Crippen LogP contribution in [0.5, 0.6) is 5.75 Å². The minimum absolute atomic E-state index is 0.0649. The highest BCUT2D eigenvalue weighted by molar-refractivity contribution is 5.85. The maximum atomic E-state index is 12.2. The van der Waals surface area contributed by atoms with E-state index < -0.39 is 12.4 Å². The Balaban J connectivity index is 1.71. The third kappa shape index (κ3) is 4.85. The Morgan fingerprint density at radius 2 is 1.96 bits per heavy atom. The van der Waals surface area contributed by atoms with E-state index in [4.69, 9.17) is 0 Å². The zero-order valence-corrected chi connectivity index (χ0v) is 13.3. The van der Waals surface area contributed by atoms with E-state index in [1.54, 1.807) is 4.90 Å². The zero-order valence-electron chi connectivity index (χ0n) is 13.3. The van der Waals surface area contributed by atoms with Gasteiger partial charge in [0.1, 0.15) is 11.8 Å². The van der Waals surface area contributed by atoms with Crippen LogP contribution in [0.1, 0.15) is 24.4 Å². The number of hydrogen-bond acceptors (Lipinski definition) is 4. The molecule has 1 aliphatic heterocycles. The monoisotopic (exact) mass is 357 g/mol. The minimum Gasteiger partial charge on any atom is -0.406 e. The predicted molar refractivity (Wildman–Crippen MR) is 81.6 cm³/mol. The Labute approximate surface area is 142 Å². The van der Waals surface area contributed by atoms with E-state index in [-0.39, 0.29) is 30.2 Å². The van der Waals surface area contributed by atoms with E-state index in [2.05, 4.69) is 15.4 Å². The zero-order chi connectivity index (χ0) is 18.0. The van der Waals surface area contributed by atoms with Gasteiger partial charge >= 0.3 is 6.36 Å². The molecule has 0 spiro atoms. The number of hydrogen-bond donors (Lipinski definition) is 2. The molecular weight excluding hydrogens is 339 g/mol. The number of carbonyl (C=O) groups is 2. The average molecular weight is 357 g/mol. The van der Waals surface area contributed by atoms with Gasteiger partial charge < -0.3 is 15.4 Å². The summed E-state index contributed by atoms with van der Waals surface area (Å²) in [6.45, 7) is 0.964. The van der Waals surface area contributed by atoms with Crippen molar-refractivity contribution in [3.05, 3.63) is 29.8 Å². The highest BCUT2D eigenvalue weighted by Crippen LogP contribution is 2.28. The second kappa shape index (κ2) is 6.91. The molecule has 2 aliphatic rings. The van der Waals surface area contributed by atoms with Gasteiger partial charge in [-0.05, 0) is 30.5 Å². The molecule has 136 valence electrons. The van der Waals surface area contributed by atoms with Crippen molar-refractivity contribution in [3.63, 3.8) is 0 Å². The Bertz CT molecular complexity index is 644. The maximum Gasteiger partial charge on any atom is 0.573 e. The van der Waals surface area contributed by atoms with Gasteiger partial charge in [-0.3, -0.25) is 14.5 Å². The highest BCUT2D eigenvalue weighted by Gasteiger charge is 2.34. The van der Waals surface area contributed by atoms with Gasteiger partial charge in [0.2, 0.25) is 11.8 Å². The second-order valence-electron chi connectivity index (χ2n) is 6.12. The molecular formula is C16H18F3N3O3. The Hall–Kier alpha value is -2.29. The molecule has 2 fully saturated rings. The lowest BCUT2D eigenvalue weighted by atomic mass is 10.0. The summed E-state index contributed by atoms with van der Waals surface area (Å²) >= 11 is 0. The summed E-state index contributed by atoms with van der Waals surface area (Å²) in [4.78, 5) is 26.0. The Morgan fingerprint density at radius 1 is 1.28 bits per heavy atom. The van der Waals surface area contributed by atoms with Crippen LogP contribution in [-0.4, -0.2) is 48.8 Å². The molecule has 1 aliphatic carbocycles. The largest absolute Gasteiger partial charge is 0.573 e. The number of nitrogens with zero attached hydrogens (tertiary/aromatic N) is 1. The summed E-state index contributed by atoms with van der Waals surface area (Å²) in [5.74, 6) is -0.792. The van der Waals surface area contributed by atoms with Crippen LogP contribution in [0.15, 0.2) is 24.3 Å². The van der Waals surface area contributed by atoms with Crippen molar-refractivity contribution >= 4 is 11.8 Å². The number of alkyl halides is 3. The molecule has 1 aromatic rings. The smallest absolute Gasteiger partial charge is 0.406 e. The van der Waals surface area contributed by atoms with Gasteiger partial charge in [-0.25, -0.2) is 0 Å². The Kier molecular flexibility index (Phi) is 4.85. The van der Waals surface area contributed by atoms with Crippen LogP contribution in [-0.2, 0) is 9.59 Å². The first-order valence-corrected chi connectivity index (χ1v) is 7.99. The third-order valence-corrected chi connectivity index (χ3v) is 4.03. The summed E-state index contributed by atoms with van der Waals surface area (Å²) in [6.07, 6.45) is -2.83. The van der Waals surface area contributed by atoms with Gasteiger partial charge in [-0.1, -0.05) is 12.1 Å². The van der Waals surface area contributed by atoms with E-state index in [0.717, 1.165) is 25.0 Å². The second-order valence-corrected chi connectivity index (χ2v) is 6.12. The number of benzene rings is 1. The summed E-state index contributed by atoms with van der Waals surface area (Å²) in [6, 6.07) is 4.63. The van der Waals surface area contributed by atoms with Gasteiger partial charge in [0.15, 0.2) is 0 Å². The van der Waals surface area contributed by atoms with E-state index in [1.165, 1.54) is 12.1 Å². The molecule has 2 amide bonds. The van der Waals surface area contributed by atoms with Crippen molar-refractivity contribution in [2.24, 2.45) is 0 Å². The molecule has 1 atom stereocenters. The van der Waals surface area contributed by atoms with Crippen LogP contribution in [0.2, 0.25) is 0 Å². The third-order valence-electron chi connectivity index (χ3n) is 4.03. The number of nitrogens with one attached hydrogen (secondary N) is 2. The summed E-state index contributed by atoms with van der Waals surface area (Å²) in [5.41, 5.74) is 0.506. The van der Waals surface area contributed by atoms with Crippen LogP contribution in [0.25, 0.3) is 0 Å². The standard InChI is InChI=1S/C16H18F3N3O3/c17-16(18,19)25-12-5-1-10(2-6-12)14-15(24)20-7-8-22(14)9-13(23)21-11-3-4-11/h1-2,5-6,11,14H,3-4,7-9H2,(H,20,24)(H,21,23). The molecule has 2 N–H and O–H groups in total. The fourth-order valence-corrected chi connectivity index (χ4v) is 2.78. The van der Waals surface area contributed by atoms with Crippen molar-refractivity contribution in [1.82, 2.24) is 15.5 Å². The van der Waals surface area contributed by atoms with E-state index in [0.29, 0.717) is 18.7 Å². The summed E-state index contributed by atoms with van der Waals surface area (Å²) < 4.78 is 40.5. The average Bonchev–Trinajstić information content (AvgIpc) is 3.31. The molecule has 6 nitrogen and oxygen atoms in total. The maximum absolute atomic E-state index is 12.2. The summed E-state index contributed by atoms with van der Waals surface area (Å²) in [7, 11) is 0. The van der Waals surface area contributed by atoms with Crippen molar-refractivity contribution < 1.29 is 27.5 Å². The first-order chi connectivity index (χ1) is 11.8. The van der Waals surface area contributed by atoms with Crippen LogP contribution in [0.3, 0.4) is 0 Å². The predicted octanol–water partition coefficient (Wildman–Crippen LogP) is 1.34.